The van der Waals surface area contributed by atoms with E-state index in [1.807, 2.05) is 48.6 Å². The first-order chi connectivity index (χ1) is 10.8. The molecule has 2 rings (SSSR count). The van der Waals surface area contributed by atoms with Crippen molar-refractivity contribution in [1.29, 1.82) is 0 Å². The van der Waals surface area contributed by atoms with Gasteiger partial charge in [-0.25, -0.2) is 0 Å². The van der Waals surface area contributed by atoms with E-state index in [-0.39, 0.29) is 0 Å². The summed E-state index contributed by atoms with van der Waals surface area (Å²) in [6, 6.07) is 18.4. The van der Waals surface area contributed by atoms with Gasteiger partial charge >= 0.3 is 0 Å². The van der Waals surface area contributed by atoms with Crippen LogP contribution in [0.3, 0.4) is 0 Å². The molecule has 0 N–H and O–H groups in total. The van der Waals surface area contributed by atoms with E-state index < -0.39 is 0 Å². The van der Waals surface area contributed by atoms with Crippen molar-refractivity contribution in [3.8, 4) is 11.8 Å². The van der Waals surface area contributed by atoms with Crippen LogP contribution in [-0.2, 0) is 6.54 Å². The number of hydrogen-bond acceptors (Lipinski definition) is 1. The maximum Gasteiger partial charge on any atom is 0.0294 e. The molecule has 0 saturated heterocycles. The minimum Gasteiger partial charge on any atom is -0.292 e. The molecule has 0 aromatic heterocycles. The van der Waals surface area contributed by atoms with Gasteiger partial charge in [0.15, 0.2) is 0 Å². The molecule has 0 saturated carbocycles. The van der Waals surface area contributed by atoms with Crippen molar-refractivity contribution in [2.75, 3.05) is 13.1 Å². The standard InChI is InChI=1S/C21H21N/c1-3-16-22(17-4-2)18-21-13-9-8-12-20(21)15-14-19-10-6-5-7-11-19/h3-13H,1-2,16-18H2. The molecule has 0 aliphatic carbocycles. The van der Waals surface area contributed by atoms with Gasteiger partial charge in [0.2, 0.25) is 0 Å². The maximum atomic E-state index is 3.82. The molecular formula is C21H21N. The molecule has 0 fully saturated rings. The fourth-order valence-corrected chi connectivity index (χ4v) is 2.25. The van der Waals surface area contributed by atoms with E-state index in [9.17, 15) is 0 Å². The Bertz CT molecular complexity index is 664. The van der Waals surface area contributed by atoms with Crippen molar-refractivity contribution < 1.29 is 0 Å². The minimum atomic E-state index is 0.840. The second kappa shape index (κ2) is 8.67. The lowest BCUT2D eigenvalue weighted by molar-refractivity contribution is 0.327. The number of benzene rings is 2. The Morgan fingerprint density at radius 3 is 2.14 bits per heavy atom. The lowest BCUT2D eigenvalue weighted by Crippen LogP contribution is -2.23. The SMILES string of the molecule is C=CCN(CC=C)Cc1ccccc1C#Cc1ccccc1. The first kappa shape index (κ1) is 15.8. The van der Waals surface area contributed by atoms with E-state index in [0.29, 0.717) is 0 Å². The average Bonchev–Trinajstić information content (AvgIpc) is 2.55. The minimum absolute atomic E-state index is 0.840. The summed E-state index contributed by atoms with van der Waals surface area (Å²) in [5.74, 6) is 6.52. The van der Waals surface area contributed by atoms with E-state index >= 15 is 0 Å². The van der Waals surface area contributed by atoms with Gasteiger partial charge in [0, 0.05) is 30.8 Å². The quantitative estimate of drug-likeness (QED) is 0.567. The monoisotopic (exact) mass is 287 g/mol. The van der Waals surface area contributed by atoms with Gasteiger partial charge in [0.1, 0.15) is 0 Å². The third-order valence-corrected chi connectivity index (χ3v) is 3.30. The Kier molecular flexibility index (Phi) is 6.23. The molecule has 0 heterocycles. The Labute approximate surface area is 133 Å². The van der Waals surface area contributed by atoms with Crippen molar-refractivity contribution >= 4 is 0 Å². The van der Waals surface area contributed by atoms with Gasteiger partial charge in [-0.2, -0.15) is 0 Å². The van der Waals surface area contributed by atoms with Gasteiger partial charge in [0.05, 0.1) is 0 Å². The first-order valence-electron chi connectivity index (χ1n) is 7.42. The highest BCUT2D eigenvalue weighted by Gasteiger charge is 2.05. The summed E-state index contributed by atoms with van der Waals surface area (Å²) in [5, 5.41) is 0. The predicted molar refractivity (Wildman–Crippen MR) is 94.5 cm³/mol. The Balaban J connectivity index is 2.21. The van der Waals surface area contributed by atoms with Crippen LogP contribution in [0.1, 0.15) is 16.7 Å². The number of hydrogen-bond donors (Lipinski definition) is 0. The fraction of sp³-hybridized carbons (Fsp3) is 0.143. The zero-order chi connectivity index (χ0) is 15.6. The molecule has 2 aromatic rings. The van der Waals surface area contributed by atoms with E-state index in [2.05, 4.69) is 48.1 Å². The first-order valence-corrected chi connectivity index (χ1v) is 7.42. The highest BCUT2D eigenvalue weighted by atomic mass is 15.1. The molecule has 110 valence electrons. The van der Waals surface area contributed by atoms with Gasteiger partial charge < -0.3 is 0 Å². The second-order valence-corrected chi connectivity index (χ2v) is 5.04. The topological polar surface area (TPSA) is 3.24 Å². The zero-order valence-electron chi connectivity index (χ0n) is 12.8. The summed E-state index contributed by atoms with van der Waals surface area (Å²) in [5.41, 5.74) is 3.34. The fourth-order valence-electron chi connectivity index (χ4n) is 2.25. The van der Waals surface area contributed by atoms with Crippen LogP contribution >= 0.6 is 0 Å². The van der Waals surface area contributed by atoms with Gasteiger partial charge in [0.25, 0.3) is 0 Å². The van der Waals surface area contributed by atoms with E-state index in [1.165, 1.54) is 5.56 Å². The molecule has 0 spiro atoms. The summed E-state index contributed by atoms with van der Waals surface area (Å²) in [7, 11) is 0. The molecule has 1 nitrogen and oxygen atoms in total. The summed E-state index contributed by atoms with van der Waals surface area (Å²) in [4.78, 5) is 2.28. The Morgan fingerprint density at radius 1 is 0.818 bits per heavy atom. The second-order valence-electron chi connectivity index (χ2n) is 5.04. The molecule has 0 unspecified atom stereocenters. The van der Waals surface area contributed by atoms with Crippen LogP contribution in [0, 0.1) is 11.8 Å². The van der Waals surface area contributed by atoms with Crippen molar-refractivity contribution in [2.45, 2.75) is 6.54 Å². The van der Waals surface area contributed by atoms with Crippen molar-refractivity contribution in [3.63, 3.8) is 0 Å². The number of rotatable bonds is 6. The van der Waals surface area contributed by atoms with Crippen LogP contribution in [0.4, 0.5) is 0 Å². The third kappa shape index (κ3) is 4.77. The van der Waals surface area contributed by atoms with Crippen LogP contribution in [-0.4, -0.2) is 18.0 Å². The number of nitrogens with zero attached hydrogens (tertiary/aromatic N) is 1. The molecular weight excluding hydrogens is 266 g/mol. The van der Waals surface area contributed by atoms with Gasteiger partial charge in [-0.3, -0.25) is 4.90 Å². The lowest BCUT2D eigenvalue weighted by Gasteiger charge is -2.19. The molecule has 0 amide bonds. The summed E-state index contributed by atoms with van der Waals surface area (Å²) < 4.78 is 0. The highest BCUT2D eigenvalue weighted by Crippen LogP contribution is 2.11. The van der Waals surface area contributed by atoms with Crippen LogP contribution < -0.4 is 0 Å². The Morgan fingerprint density at radius 2 is 1.45 bits per heavy atom. The van der Waals surface area contributed by atoms with E-state index in [1.54, 1.807) is 0 Å². The summed E-state index contributed by atoms with van der Waals surface area (Å²) >= 11 is 0. The molecule has 0 radical (unpaired) electrons. The van der Waals surface area contributed by atoms with Crippen LogP contribution in [0.25, 0.3) is 0 Å². The lowest BCUT2D eigenvalue weighted by atomic mass is 10.1. The van der Waals surface area contributed by atoms with Crippen molar-refractivity contribution in [1.82, 2.24) is 4.90 Å². The molecule has 0 atom stereocenters. The maximum absolute atomic E-state index is 3.82. The predicted octanol–water partition coefficient (Wildman–Crippen LogP) is 4.26. The zero-order valence-corrected chi connectivity index (χ0v) is 12.8. The van der Waals surface area contributed by atoms with E-state index in [4.69, 9.17) is 0 Å². The van der Waals surface area contributed by atoms with Crippen LogP contribution in [0.2, 0.25) is 0 Å². The Hall–Kier alpha value is -2.56. The van der Waals surface area contributed by atoms with Crippen LogP contribution in [0.5, 0.6) is 0 Å². The smallest absolute Gasteiger partial charge is 0.0294 e. The van der Waals surface area contributed by atoms with Gasteiger partial charge in [-0.1, -0.05) is 60.4 Å². The summed E-state index contributed by atoms with van der Waals surface area (Å²) in [6.45, 7) is 10.2. The molecule has 0 aliphatic rings. The largest absolute Gasteiger partial charge is 0.292 e. The van der Waals surface area contributed by atoms with Crippen molar-refractivity contribution in [2.24, 2.45) is 0 Å². The highest BCUT2D eigenvalue weighted by molar-refractivity contribution is 5.46. The third-order valence-electron chi connectivity index (χ3n) is 3.30. The van der Waals surface area contributed by atoms with Gasteiger partial charge in [-0.05, 0) is 23.8 Å². The molecule has 0 bridgehead atoms. The van der Waals surface area contributed by atoms with Gasteiger partial charge in [-0.15, -0.1) is 13.2 Å². The molecule has 1 heteroatoms. The normalized spacial score (nSPS) is 9.86. The average molecular weight is 287 g/mol. The molecule has 2 aromatic carbocycles. The van der Waals surface area contributed by atoms with Crippen molar-refractivity contribution in [3.05, 3.63) is 96.6 Å². The molecule has 22 heavy (non-hydrogen) atoms. The van der Waals surface area contributed by atoms with Crippen LogP contribution in [0.15, 0.2) is 79.9 Å². The molecule has 0 aliphatic heterocycles. The summed E-state index contributed by atoms with van der Waals surface area (Å²) in [6.07, 6.45) is 3.84. The van der Waals surface area contributed by atoms with E-state index in [0.717, 1.165) is 30.8 Å².